The van der Waals surface area contributed by atoms with Gasteiger partial charge in [-0.25, -0.2) is 0 Å². The van der Waals surface area contributed by atoms with Crippen molar-refractivity contribution < 1.29 is 4.74 Å². The molecule has 0 amide bonds. The molecule has 1 saturated heterocycles. The molecule has 1 aliphatic heterocycles. The number of aryl methyl sites for hydroxylation is 1. The number of hydrogen-bond acceptors (Lipinski definition) is 3. The molecule has 0 saturated carbocycles. The van der Waals surface area contributed by atoms with E-state index in [9.17, 15) is 0 Å². The second kappa shape index (κ2) is 6.03. The third-order valence-electron chi connectivity index (χ3n) is 3.29. The molecule has 1 unspecified atom stereocenters. The van der Waals surface area contributed by atoms with Gasteiger partial charge in [-0.1, -0.05) is 17.7 Å². The van der Waals surface area contributed by atoms with Gasteiger partial charge in [0, 0.05) is 32.2 Å². The van der Waals surface area contributed by atoms with E-state index in [4.69, 9.17) is 4.74 Å². The SMILES string of the molecule is Cc1ccc(OCC(C)N2CCNCC2)cc1. The zero-order valence-corrected chi connectivity index (χ0v) is 10.8. The Bertz CT molecular complexity index is 331. The fraction of sp³-hybridized carbons (Fsp3) is 0.571. The molecule has 0 bridgehead atoms. The average molecular weight is 234 g/mol. The predicted octanol–water partition coefficient (Wildman–Crippen LogP) is 1.67. The zero-order chi connectivity index (χ0) is 12.1. The minimum absolute atomic E-state index is 0.485. The van der Waals surface area contributed by atoms with E-state index in [1.807, 2.05) is 12.1 Å². The highest BCUT2D eigenvalue weighted by atomic mass is 16.5. The van der Waals surface area contributed by atoms with Crippen LogP contribution in [0.5, 0.6) is 5.75 Å². The number of rotatable bonds is 4. The van der Waals surface area contributed by atoms with Gasteiger partial charge in [0.05, 0.1) is 0 Å². The lowest BCUT2D eigenvalue weighted by molar-refractivity contribution is 0.132. The predicted molar refractivity (Wildman–Crippen MR) is 70.6 cm³/mol. The van der Waals surface area contributed by atoms with E-state index < -0.39 is 0 Å². The van der Waals surface area contributed by atoms with Crippen LogP contribution in [0, 0.1) is 6.92 Å². The Kier molecular flexibility index (Phi) is 4.40. The first kappa shape index (κ1) is 12.4. The number of piperazine rings is 1. The van der Waals surface area contributed by atoms with Gasteiger partial charge in [-0.05, 0) is 26.0 Å². The highest BCUT2D eigenvalue weighted by molar-refractivity contribution is 5.26. The molecule has 0 aliphatic carbocycles. The molecule has 0 radical (unpaired) electrons. The van der Waals surface area contributed by atoms with Gasteiger partial charge in [0.15, 0.2) is 0 Å². The van der Waals surface area contributed by atoms with E-state index in [1.54, 1.807) is 0 Å². The summed E-state index contributed by atoms with van der Waals surface area (Å²) in [4.78, 5) is 2.48. The fourth-order valence-corrected chi connectivity index (χ4v) is 2.08. The van der Waals surface area contributed by atoms with Crippen molar-refractivity contribution in [1.29, 1.82) is 0 Å². The van der Waals surface area contributed by atoms with Crippen LogP contribution in [0.15, 0.2) is 24.3 Å². The van der Waals surface area contributed by atoms with Crippen LogP contribution >= 0.6 is 0 Å². The quantitative estimate of drug-likeness (QED) is 0.857. The van der Waals surface area contributed by atoms with Crippen molar-refractivity contribution in [3.05, 3.63) is 29.8 Å². The lowest BCUT2D eigenvalue weighted by Gasteiger charge is -2.32. The van der Waals surface area contributed by atoms with Gasteiger partial charge in [-0.15, -0.1) is 0 Å². The van der Waals surface area contributed by atoms with Gasteiger partial charge in [0.25, 0.3) is 0 Å². The van der Waals surface area contributed by atoms with E-state index in [-0.39, 0.29) is 0 Å². The van der Waals surface area contributed by atoms with Crippen LogP contribution < -0.4 is 10.1 Å². The standard InChI is InChI=1S/C14H22N2O/c1-12-3-5-14(6-4-12)17-11-13(2)16-9-7-15-8-10-16/h3-6,13,15H,7-11H2,1-2H3. The molecule has 1 atom stereocenters. The van der Waals surface area contributed by atoms with E-state index >= 15 is 0 Å². The summed E-state index contributed by atoms with van der Waals surface area (Å²) in [6, 6.07) is 8.74. The van der Waals surface area contributed by atoms with Crippen molar-refractivity contribution in [2.24, 2.45) is 0 Å². The largest absolute Gasteiger partial charge is 0.492 e. The normalized spacial score (nSPS) is 18.9. The van der Waals surface area contributed by atoms with Crippen molar-refractivity contribution in [2.45, 2.75) is 19.9 Å². The molecule has 94 valence electrons. The van der Waals surface area contributed by atoms with E-state index in [2.05, 4.69) is 36.2 Å². The van der Waals surface area contributed by atoms with Gasteiger partial charge in [0.2, 0.25) is 0 Å². The molecule has 0 spiro atoms. The van der Waals surface area contributed by atoms with E-state index in [0.717, 1.165) is 38.5 Å². The number of ether oxygens (including phenoxy) is 1. The lowest BCUT2D eigenvalue weighted by Crippen LogP contribution is -2.49. The first-order valence-corrected chi connectivity index (χ1v) is 6.40. The Labute approximate surface area is 104 Å². The summed E-state index contributed by atoms with van der Waals surface area (Å²) < 4.78 is 5.81. The molecule has 1 heterocycles. The number of nitrogens with one attached hydrogen (secondary N) is 1. The smallest absolute Gasteiger partial charge is 0.119 e. The Balaban J connectivity index is 1.78. The highest BCUT2D eigenvalue weighted by Crippen LogP contribution is 2.12. The van der Waals surface area contributed by atoms with Crippen LogP contribution in [0.3, 0.4) is 0 Å². The maximum atomic E-state index is 5.81. The summed E-state index contributed by atoms with van der Waals surface area (Å²) in [5.41, 5.74) is 1.27. The van der Waals surface area contributed by atoms with Gasteiger partial charge in [-0.3, -0.25) is 4.90 Å². The summed E-state index contributed by atoms with van der Waals surface area (Å²) in [5, 5.41) is 3.37. The monoisotopic (exact) mass is 234 g/mol. The van der Waals surface area contributed by atoms with Gasteiger partial charge in [0.1, 0.15) is 12.4 Å². The first-order chi connectivity index (χ1) is 8.25. The van der Waals surface area contributed by atoms with E-state index in [1.165, 1.54) is 5.56 Å². The first-order valence-electron chi connectivity index (χ1n) is 6.40. The van der Waals surface area contributed by atoms with Crippen LogP contribution in [-0.2, 0) is 0 Å². The molecular weight excluding hydrogens is 212 g/mol. The second-order valence-corrected chi connectivity index (χ2v) is 4.76. The Hall–Kier alpha value is -1.06. The molecule has 17 heavy (non-hydrogen) atoms. The van der Waals surface area contributed by atoms with Crippen LogP contribution in [0.25, 0.3) is 0 Å². The molecule has 0 aromatic heterocycles. The molecular formula is C14H22N2O. The van der Waals surface area contributed by atoms with Crippen LogP contribution in [0.4, 0.5) is 0 Å². The minimum Gasteiger partial charge on any atom is -0.492 e. The van der Waals surface area contributed by atoms with Crippen molar-refractivity contribution >= 4 is 0 Å². The average Bonchev–Trinajstić information content (AvgIpc) is 2.39. The second-order valence-electron chi connectivity index (χ2n) is 4.76. The maximum absolute atomic E-state index is 5.81. The molecule has 3 heteroatoms. The molecule has 1 N–H and O–H groups in total. The van der Waals surface area contributed by atoms with Crippen molar-refractivity contribution in [1.82, 2.24) is 10.2 Å². The molecule has 3 nitrogen and oxygen atoms in total. The minimum atomic E-state index is 0.485. The summed E-state index contributed by atoms with van der Waals surface area (Å²) >= 11 is 0. The maximum Gasteiger partial charge on any atom is 0.119 e. The Morgan fingerprint density at radius 3 is 2.53 bits per heavy atom. The molecule has 1 aromatic rings. The summed E-state index contributed by atoms with van der Waals surface area (Å²) in [6.07, 6.45) is 0. The summed E-state index contributed by atoms with van der Waals surface area (Å²) in [5.74, 6) is 0.970. The summed E-state index contributed by atoms with van der Waals surface area (Å²) in [6.45, 7) is 9.52. The van der Waals surface area contributed by atoms with Gasteiger partial charge < -0.3 is 10.1 Å². The third kappa shape index (κ3) is 3.72. The number of benzene rings is 1. The van der Waals surface area contributed by atoms with Crippen LogP contribution in [-0.4, -0.2) is 43.7 Å². The molecule has 1 aromatic carbocycles. The van der Waals surface area contributed by atoms with Crippen LogP contribution in [0.2, 0.25) is 0 Å². The molecule has 2 rings (SSSR count). The van der Waals surface area contributed by atoms with Gasteiger partial charge in [-0.2, -0.15) is 0 Å². The highest BCUT2D eigenvalue weighted by Gasteiger charge is 2.16. The fourth-order valence-electron chi connectivity index (χ4n) is 2.08. The summed E-state index contributed by atoms with van der Waals surface area (Å²) in [7, 11) is 0. The van der Waals surface area contributed by atoms with Crippen LogP contribution in [0.1, 0.15) is 12.5 Å². The Morgan fingerprint density at radius 1 is 1.24 bits per heavy atom. The van der Waals surface area contributed by atoms with Gasteiger partial charge >= 0.3 is 0 Å². The Morgan fingerprint density at radius 2 is 1.88 bits per heavy atom. The van der Waals surface area contributed by atoms with Crippen molar-refractivity contribution in [2.75, 3.05) is 32.8 Å². The van der Waals surface area contributed by atoms with Crippen molar-refractivity contribution in [3.63, 3.8) is 0 Å². The topological polar surface area (TPSA) is 24.5 Å². The zero-order valence-electron chi connectivity index (χ0n) is 10.8. The molecule has 1 fully saturated rings. The molecule has 1 aliphatic rings. The van der Waals surface area contributed by atoms with Crippen molar-refractivity contribution in [3.8, 4) is 5.75 Å². The van der Waals surface area contributed by atoms with E-state index in [0.29, 0.717) is 6.04 Å². The number of nitrogens with zero attached hydrogens (tertiary/aromatic N) is 1. The lowest BCUT2D eigenvalue weighted by atomic mass is 10.2. The third-order valence-corrected chi connectivity index (χ3v) is 3.29. The number of hydrogen-bond donors (Lipinski definition) is 1.